The summed E-state index contributed by atoms with van der Waals surface area (Å²) in [6, 6.07) is 17.1. The summed E-state index contributed by atoms with van der Waals surface area (Å²) in [4.78, 5) is 11.1. The van der Waals surface area contributed by atoms with Crippen molar-refractivity contribution in [2.24, 2.45) is 0 Å². The lowest BCUT2D eigenvalue weighted by atomic mass is 10.1. The first kappa shape index (κ1) is 17.7. The largest absolute Gasteiger partial charge is 0.480 e. The van der Waals surface area contributed by atoms with Gasteiger partial charge in [0.2, 0.25) is 10.0 Å². The number of sulfonamides is 1. The highest BCUT2D eigenvalue weighted by molar-refractivity contribution is 7.88. The number of carboxylic acid groups (broad SMARTS) is 1. The fourth-order valence-electron chi connectivity index (χ4n) is 2.23. The van der Waals surface area contributed by atoms with Crippen molar-refractivity contribution < 1.29 is 18.3 Å². The van der Waals surface area contributed by atoms with Crippen LogP contribution in [-0.2, 0) is 27.1 Å². The van der Waals surface area contributed by atoms with Crippen molar-refractivity contribution in [2.75, 3.05) is 6.54 Å². The number of aliphatic carboxylic acids is 1. The van der Waals surface area contributed by atoms with Crippen LogP contribution >= 0.6 is 0 Å². The Kier molecular flexibility index (Phi) is 5.68. The molecule has 2 aromatic rings. The second kappa shape index (κ2) is 7.73. The number of rotatable bonds is 7. The van der Waals surface area contributed by atoms with E-state index in [1.54, 1.807) is 48.5 Å². The topological polar surface area (TPSA) is 98.5 Å². The average Bonchev–Trinajstić information content (AvgIpc) is 2.55. The number of hydrogen-bond acceptors (Lipinski definition) is 4. The first-order chi connectivity index (χ1) is 11.4. The van der Waals surface area contributed by atoms with Crippen LogP contribution in [0.4, 0.5) is 0 Å². The molecule has 2 aromatic carbocycles. The van der Waals surface area contributed by atoms with Gasteiger partial charge >= 0.3 is 5.97 Å². The lowest BCUT2D eigenvalue weighted by molar-refractivity contribution is -0.137. The van der Waals surface area contributed by atoms with Crippen molar-refractivity contribution in [3.05, 3.63) is 71.3 Å². The first-order valence-electron chi connectivity index (χ1n) is 7.14. The number of nitriles is 1. The summed E-state index contributed by atoms with van der Waals surface area (Å²) in [6.45, 7) is -0.670. The molecule has 0 amide bonds. The van der Waals surface area contributed by atoms with E-state index in [4.69, 9.17) is 10.4 Å². The van der Waals surface area contributed by atoms with Gasteiger partial charge in [0, 0.05) is 6.54 Å². The lowest BCUT2D eigenvalue weighted by Crippen LogP contribution is -2.36. The summed E-state index contributed by atoms with van der Waals surface area (Å²) >= 11 is 0. The van der Waals surface area contributed by atoms with Crippen molar-refractivity contribution in [3.63, 3.8) is 0 Å². The maximum Gasteiger partial charge on any atom is 0.318 e. The second-order valence-corrected chi connectivity index (χ2v) is 7.14. The number of carboxylic acids is 1. The maximum absolute atomic E-state index is 12.7. The van der Waals surface area contributed by atoms with Crippen LogP contribution in [0.5, 0.6) is 0 Å². The molecule has 0 fully saturated rings. The predicted octanol–water partition coefficient (Wildman–Crippen LogP) is 1.97. The zero-order valence-electron chi connectivity index (χ0n) is 12.8. The molecule has 2 rings (SSSR count). The van der Waals surface area contributed by atoms with Gasteiger partial charge in [0.15, 0.2) is 0 Å². The van der Waals surface area contributed by atoms with E-state index in [-0.39, 0.29) is 12.1 Å². The van der Waals surface area contributed by atoms with Crippen LogP contribution in [0, 0.1) is 11.3 Å². The van der Waals surface area contributed by atoms with Crippen LogP contribution < -0.4 is 0 Å². The van der Waals surface area contributed by atoms with Crippen LogP contribution in [0.3, 0.4) is 0 Å². The molecule has 0 aromatic heterocycles. The zero-order chi connectivity index (χ0) is 17.6. The van der Waals surface area contributed by atoms with Crippen LogP contribution in [0.1, 0.15) is 16.7 Å². The summed E-state index contributed by atoms with van der Waals surface area (Å²) < 4.78 is 26.2. The van der Waals surface area contributed by atoms with Crippen LogP contribution in [-0.4, -0.2) is 30.3 Å². The molecule has 0 aliphatic heterocycles. The van der Waals surface area contributed by atoms with Gasteiger partial charge in [0.1, 0.15) is 6.54 Å². The SMILES string of the molecule is N#Cc1ccccc1CS(=O)(=O)N(CC(=O)O)Cc1ccccc1. The number of carbonyl (C=O) groups is 1. The van der Waals surface area contributed by atoms with Gasteiger partial charge in [-0.2, -0.15) is 9.57 Å². The van der Waals surface area contributed by atoms with E-state index in [1.165, 1.54) is 6.07 Å². The normalized spacial score (nSPS) is 11.2. The number of hydrogen-bond donors (Lipinski definition) is 1. The van der Waals surface area contributed by atoms with Crippen molar-refractivity contribution in [3.8, 4) is 6.07 Å². The molecule has 24 heavy (non-hydrogen) atoms. The van der Waals surface area contributed by atoms with Gasteiger partial charge in [0.25, 0.3) is 0 Å². The van der Waals surface area contributed by atoms with Gasteiger partial charge in [-0.25, -0.2) is 8.42 Å². The molecule has 7 heteroatoms. The molecule has 6 nitrogen and oxygen atoms in total. The molecule has 1 N–H and O–H groups in total. The number of benzene rings is 2. The molecule has 0 radical (unpaired) electrons. The van der Waals surface area contributed by atoms with E-state index in [9.17, 15) is 13.2 Å². The quantitative estimate of drug-likeness (QED) is 0.828. The Morgan fingerprint density at radius 1 is 1.08 bits per heavy atom. The fraction of sp³-hybridized carbons (Fsp3) is 0.176. The molecule has 0 aliphatic carbocycles. The van der Waals surface area contributed by atoms with E-state index >= 15 is 0 Å². The summed E-state index contributed by atoms with van der Waals surface area (Å²) in [5.74, 6) is -1.65. The highest BCUT2D eigenvalue weighted by atomic mass is 32.2. The Balaban J connectivity index is 2.30. The molecule has 0 atom stereocenters. The summed E-state index contributed by atoms with van der Waals surface area (Å²) in [7, 11) is -3.90. The Hall–Kier alpha value is -2.69. The Labute approximate surface area is 140 Å². The van der Waals surface area contributed by atoms with Crippen LogP contribution in [0.2, 0.25) is 0 Å². The molecule has 0 bridgehead atoms. The molecule has 124 valence electrons. The van der Waals surface area contributed by atoms with Gasteiger partial charge in [0.05, 0.1) is 17.4 Å². The summed E-state index contributed by atoms with van der Waals surface area (Å²) in [5.41, 5.74) is 1.30. The van der Waals surface area contributed by atoms with Gasteiger partial charge in [-0.15, -0.1) is 0 Å². The van der Waals surface area contributed by atoms with E-state index < -0.39 is 28.3 Å². The zero-order valence-corrected chi connectivity index (χ0v) is 13.6. The monoisotopic (exact) mass is 344 g/mol. The van der Waals surface area contributed by atoms with E-state index in [2.05, 4.69) is 0 Å². The fourth-order valence-corrected chi connectivity index (χ4v) is 3.71. The smallest absolute Gasteiger partial charge is 0.318 e. The third kappa shape index (κ3) is 4.65. The minimum absolute atomic E-state index is 0.0375. The maximum atomic E-state index is 12.7. The van der Waals surface area contributed by atoms with Crippen molar-refractivity contribution >= 4 is 16.0 Å². The Morgan fingerprint density at radius 2 is 1.71 bits per heavy atom. The van der Waals surface area contributed by atoms with E-state index in [1.807, 2.05) is 6.07 Å². The molecule has 0 saturated carbocycles. The van der Waals surface area contributed by atoms with Crippen molar-refractivity contribution in [2.45, 2.75) is 12.3 Å². The van der Waals surface area contributed by atoms with Crippen LogP contribution in [0.25, 0.3) is 0 Å². The van der Waals surface area contributed by atoms with Crippen molar-refractivity contribution in [1.82, 2.24) is 4.31 Å². The summed E-state index contributed by atoms with van der Waals surface area (Å²) in [5, 5.41) is 18.1. The Morgan fingerprint density at radius 3 is 2.33 bits per heavy atom. The molecular weight excluding hydrogens is 328 g/mol. The minimum atomic E-state index is -3.90. The standard InChI is InChI=1S/C17H16N2O4S/c18-10-15-8-4-5-9-16(15)13-24(22,23)19(12-17(20)21)11-14-6-2-1-3-7-14/h1-9H,11-13H2,(H,20,21). The van der Waals surface area contributed by atoms with Gasteiger partial charge in [-0.1, -0.05) is 48.5 Å². The molecule has 0 saturated heterocycles. The van der Waals surface area contributed by atoms with Crippen LogP contribution in [0.15, 0.2) is 54.6 Å². The summed E-state index contributed by atoms with van der Waals surface area (Å²) in [6.07, 6.45) is 0. The average molecular weight is 344 g/mol. The molecule has 0 heterocycles. The minimum Gasteiger partial charge on any atom is -0.480 e. The highest BCUT2D eigenvalue weighted by Crippen LogP contribution is 2.17. The van der Waals surface area contributed by atoms with Gasteiger partial charge < -0.3 is 5.11 Å². The highest BCUT2D eigenvalue weighted by Gasteiger charge is 2.26. The second-order valence-electron chi connectivity index (χ2n) is 5.17. The molecule has 0 aliphatic rings. The van der Waals surface area contributed by atoms with Gasteiger partial charge in [-0.3, -0.25) is 4.79 Å². The van der Waals surface area contributed by atoms with Gasteiger partial charge in [-0.05, 0) is 17.2 Å². The predicted molar refractivity (Wildman–Crippen MR) is 88.3 cm³/mol. The number of nitrogens with zero attached hydrogens (tertiary/aromatic N) is 2. The lowest BCUT2D eigenvalue weighted by Gasteiger charge is -2.20. The van der Waals surface area contributed by atoms with Crippen molar-refractivity contribution in [1.29, 1.82) is 5.26 Å². The third-order valence-electron chi connectivity index (χ3n) is 3.38. The first-order valence-corrected chi connectivity index (χ1v) is 8.75. The van der Waals surface area contributed by atoms with E-state index in [0.717, 1.165) is 4.31 Å². The molecule has 0 spiro atoms. The van der Waals surface area contributed by atoms with E-state index in [0.29, 0.717) is 11.1 Å². The Bertz CT molecular complexity index is 858. The molecule has 0 unspecified atom stereocenters. The third-order valence-corrected chi connectivity index (χ3v) is 5.10. The molecular formula is C17H16N2O4S.